The zero-order chi connectivity index (χ0) is 13.8. The molecule has 1 saturated heterocycles. The number of carbonyl (C=O) groups is 1. The molecule has 0 bridgehead atoms. The second-order valence-corrected chi connectivity index (χ2v) is 5.28. The predicted molar refractivity (Wildman–Crippen MR) is 71.9 cm³/mol. The van der Waals surface area contributed by atoms with Crippen molar-refractivity contribution in [1.29, 1.82) is 0 Å². The van der Waals surface area contributed by atoms with Crippen LogP contribution in [0.2, 0.25) is 5.02 Å². The molecule has 0 aromatic heterocycles. The van der Waals surface area contributed by atoms with Crippen LogP contribution in [-0.4, -0.2) is 37.6 Å². The van der Waals surface area contributed by atoms with Crippen molar-refractivity contribution in [3.8, 4) is 0 Å². The van der Waals surface area contributed by atoms with Crippen molar-refractivity contribution in [3.63, 3.8) is 0 Å². The lowest BCUT2D eigenvalue weighted by molar-refractivity contribution is 0.0567. The average Bonchev–Trinajstić information content (AvgIpc) is 2.41. The van der Waals surface area contributed by atoms with Crippen molar-refractivity contribution in [2.24, 2.45) is 5.92 Å². The lowest BCUT2D eigenvalue weighted by Gasteiger charge is -2.32. The quantitative estimate of drug-likeness (QED) is 0.854. The first kappa shape index (κ1) is 14.3. The molecule has 1 unspecified atom stereocenters. The molecular formula is C14H17ClFNO2. The summed E-state index contributed by atoms with van der Waals surface area (Å²) < 4.78 is 18.8. The van der Waals surface area contributed by atoms with Gasteiger partial charge in [0.25, 0.3) is 5.91 Å². The Kier molecular flexibility index (Phi) is 4.77. The Balaban J connectivity index is 2.12. The molecular weight excluding hydrogens is 269 g/mol. The van der Waals surface area contributed by atoms with Crippen molar-refractivity contribution in [2.75, 3.05) is 26.8 Å². The second kappa shape index (κ2) is 6.35. The molecule has 0 aliphatic carbocycles. The van der Waals surface area contributed by atoms with Crippen LogP contribution >= 0.6 is 11.6 Å². The monoisotopic (exact) mass is 285 g/mol. The van der Waals surface area contributed by atoms with Gasteiger partial charge in [-0.2, -0.15) is 0 Å². The number of hydrogen-bond donors (Lipinski definition) is 0. The van der Waals surface area contributed by atoms with Gasteiger partial charge in [-0.25, -0.2) is 4.39 Å². The summed E-state index contributed by atoms with van der Waals surface area (Å²) in [5, 5.41) is 0.371. The van der Waals surface area contributed by atoms with E-state index >= 15 is 0 Å². The lowest BCUT2D eigenvalue weighted by atomic mass is 9.98. The third kappa shape index (κ3) is 3.45. The fourth-order valence-corrected chi connectivity index (χ4v) is 2.63. The number of nitrogens with zero attached hydrogens (tertiary/aromatic N) is 1. The maximum absolute atomic E-state index is 13.7. The Morgan fingerprint density at radius 1 is 1.58 bits per heavy atom. The molecule has 19 heavy (non-hydrogen) atoms. The Morgan fingerprint density at radius 2 is 2.37 bits per heavy atom. The fraction of sp³-hybridized carbons (Fsp3) is 0.500. The van der Waals surface area contributed by atoms with Gasteiger partial charge in [0.05, 0.1) is 12.2 Å². The fourth-order valence-electron chi connectivity index (χ4n) is 2.45. The Hall–Kier alpha value is -1.13. The van der Waals surface area contributed by atoms with E-state index < -0.39 is 5.82 Å². The highest BCUT2D eigenvalue weighted by atomic mass is 35.5. The number of methoxy groups -OCH3 is 1. The van der Waals surface area contributed by atoms with Crippen LogP contribution in [0.15, 0.2) is 18.2 Å². The number of amides is 1. The average molecular weight is 286 g/mol. The van der Waals surface area contributed by atoms with Gasteiger partial charge < -0.3 is 9.64 Å². The van der Waals surface area contributed by atoms with Crippen LogP contribution in [0.3, 0.4) is 0 Å². The third-order valence-corrected chi connectivity index (χ3v) is 3.60. The molecule has 1 fully saturated rings. The minimum atomic E-state index is -0.525. The molecule has 1 aromatic carbocycles. The number of ether oxygens (including phenoxy) is 1. The van der Waals surface area contributed by atoms with Crippen molar-refractivity contribution in [1.82, 2.24) is 4.90 Å². The van der Waals surface area contributed by atoms with Gasteiger partial charge in [0.15, 0.2) is 0 Å². The highest BCUT2D eigenvalue weighted by Crippen LogP contribution is 2.21. The van der Waals surface area contributed by atoms with Gasteiger partial charge in [-0.3, -0.25) is 4.79 Å². The van der Waals surface area contributed by atoms with Crippen molar-refractivity contribution in [2.45, 2.75) is 12.8 Å². The largest absolute Gasteiger partial charge is 0.384 e. The summed E-state index contributed by atoms with van der Waals surface area (Å²) in [5.74, 6) is -0.492. The molecule has 1 atom stereocenters. The minimum Gasteiger partial charge on any atom is -0.384 e. The van der Waals surface area contributed by atoms with E-state index in [4.69, 9.17) is 16.3 Å². The number of halogens is 2. The Labute approximate surface area is 117 Å². The molecule has 2 rings (SSSR count). The van der Waals surface area contributed by atoms with Crippen molar-refractivity contribution < 1.29 is 13.9 Å². The van der Waals surface area contributed by atoms with Crippen LogP contribution in [0.1, 0.15) is 23.2 Å². The van der Waals surface area contributed by atoms with E-state index in [0.29, 0.717) is 30.6 Å². The molecule has 1 aliphatic heterocycles. The van der Waals surface area contributed by atoms with Gasteiger partial charge in [0, 0.05) is 25.2 Å². The van der Waals surface area contributed by atoms with Gasteiger partial charge in [-0.1, -0.05) is 11.6 Å². The molecule has 0 spiro atoms. The Morgan fingerprint density at radius 3 is 3.11 bits per heavy atom. The SMILES string of the molecule is COCC1CCCN(C(=O)c2cc(Cl)ccc2F)C1. The van der Waals surface area contributed by atoms with Crippen LogP contribution in [0, 0.1) is 11.7 Å². The molecule has 0 radical (unpaired) electrons. The van der Waals surface area contributed by atoms with E-state index in [1.54, 1.807) is 12.0 Å². The van der Waals surface area contributed by atoms with Crippen LogP contribution in [0.4, 0.5) is 4.39 Å². The number of hydrogen-bond acceptors (Lipinski definition) is 2. The molecule has 1 heterocycles. The maximum Gasteiger partial charge on any atom is 0.256 e. The van der Waals surface area contributed by atoms with Crippen LogP contribution in [-0.2, 0) is 4.74 Å². The minimum absolute atomic E-state index is 0.0468. The van der Waals surface area contributed by atoms with Gasteiger partial charge in [-0.15, -0.1) is 0 Å². The first-order valence-corrected chi connectivity index (χ1v) is 6.73. The van der Waals surface area contributed by atoms with Gasteiger partial charge in [0.2, 0.25) is 0 Å². The standard InChI is InChI=1S/C14H17ClFNO2/c1-19-9-10-3-2-6-17(8-10)14(18)12-7-11(15)4-5-13(12)16/h4-5,7,10H,2-3,6,8-9H2,1H3. The second-order valence-electron chi connectivity index (χ2n) is 4.84. The highest BCUT2D eigenvalue weighted by Gasteiger charge is 2.26. The summed E-state index contributed by atoms with van der Waals surface area (Å²) in [4.78, 5) is 14.0. The number of piperidine rings is 1. The molecule has 5 heteroatoms. The summed E-state index contributed by atoms with van der Waals surface area (Å²) in [6.45, 7) is 1.89. The molecule has 1 aromatic rings. The smallest absolute Gasteiger partial charge is 0.256 e. The Bertz CT molecular complexity index is 465. The van der Waals surface area contributed by atoms with E-state index in [-0.39, 0.29) is 11.5 Å². The van der Waals surface area contributed by atoms with Gasteiger partial charge in [-0.05, 0) is 37.0 Å². The van der Waals surface area contributed by atoms with Crippen LogP contribution in [0.25, 0.3) is 0 Å². The summed E-state index contributed by atoms with van der Waals surface area (Å²) in [6, 6.07) is 4.06. The first-order valence-electron chi connectivity index (χ1n) is 6.35. The van der Waals surface area contributed by atoms with Crippen LogP contribution in [0.5, 0.6) is 0 Å². The third-order valence-electron chi connectivity index (χ3n) is 3.37. The molecule has 0 saturated carbocycles. The molecule has 1 aliphatic rings. The van der Waals surface area contributed by atoms with Gasteiger partial charge >= 0.3 is 0 Å². The normalized spacial score (nSPS) is 19.5. The molecule has 3 nitrogen and oxygen atoms in total. The zero-order valence-corrected chi connectivity index (χ0v) is 11.6. The van der Waals surface area contributed by atoms with Crippen molar-refractivity contribution in [3.05, 3.63) is 34.6 Å². The van der Waals surface area contributed by atoms with E-state index in [1.807, 2.05) is 0 Å². The highest BCUT2D eigenvalue weighted by molar-refractivity contribution is 6.31. The van der Waals surface area contributed by atoms with E-state index in [2.05, 4.69) is 0 Å². The van der Waals surface area contributed by atoms with Crippen molar-refractivity contribution >= 4 is 17.5 Å². The summed E-state index contributed by atoms with van der Waals surface area (Å²) in [7, 11) is 1.65. The first-order chi connectivity index (χ1) is 9.11. The van der Waals surface area contributed by atoms with Gasteiger partial charge in [0.1, 0.15) is 5.82 Å². The molecule has 104 valence electrons. The van der Waals surface area contributed by atoms with E-state index in [9.17, 15) is 9.18 Å². The van der Waals surface area contributed by atoms with E-state index in [1.165, 1.54) is 18.2 Å². The number of benzene rings is 1. The topological polar surface area (TPSA) is 29.5 Å². The maximum atomic E-state index is 13.7. The number of carbonyl (C=O) groups excluding carboxylic acids is 1. The number of likely N-dealkylation sites (tertiary alicyclic amines) is 1. The summed E-state index contributed by atoms with van der Waals surface area (Å²) >= 11 is 5.82. The lowest BCUT2D eigenvalue weighted by Crippen LogP contribution is -2.41. The number of rotatable bonds is 3. The zero-order valence-electron chi connectivity index (χ0n) is 10.9. The molecule has 0 N–H and O–H groups in total. The van der Waals surface area contributed by atoms with E-state index in [0.717, 1.165) is 12.8 Å². The molecule has 1 amide bonds. The summed E-state index contributed by atoms with van der Waals surface area (Å²) in [5.41, 5.74) is 0.0468. The summed E-state index contributed by atoms with van der Waals surface area (Å²) in [6.07, 6.45) is 1.96. The predicted octanol–water partition coefficient (Wildman–Crippen LogP) is 2.98. The van der Waals surface area contributed by atoms with Crippen LogP contribution < -0.4 is 0 Å².